The van der Waals surface area contributed by atoms with Crippen LogP contribution in [0.25, 0.3) is 0 Å². The highest BCUT2D eigenvalue weighted by atomic mass is 16.5. The molecule has 0 spiro atoms. The zero-order chi connectivity index (χ0) is 4.99. The first-order chi connectivity index (χ1) is 2.81. The normalized spacial score (nSPS) is 6.83. The molecule has 0 unspecified atom stereocenters. The molecule has 2 radical (unpaired) electrons. The Morgan fingerprint density at radius 2 is 2.50 bits per heavy atom. The molecule has 0 saturated heterocycles. The largest absolute Gasteiger partial charge is 0.528 e. The summed E-state index contributed by atoms with van der Waals surface area (Å²) in [7, 11) is 5.80. The van der Waals surface area contributed by atoms with Gasteiger partial charge >= 0.3 is 14.1 Å². The molecule has 32 valence electrons. The maximum absolute atomic E-state index is 9.72. The molecule has 1 amide bonds. The van der Waals surface area contributed by atoms with Crippen LogP contribution in [0.5, 0.6) is 0 Å². The Kier molecular flexibility index (Phi) is 2.28. The molecule has 0 aromatic heterocycles. The Morgan fingerprint density at radius 3 is 2.50 bits per heavy atom. The summed E-state index contributed by atoms with van der Waals surface area (Å²) in [6.07, 6.45) is -0.630. The summed E-state index contributed by atoms with van der Waals surface area (Å²) in [4.78, 5) is 9.72. The Morgan fingerprint density at radius 1 is 2.00 bits per heavy atom. The van der Waals surface area contributed by atoms with Crippen LogP contribution < -0.4 is 5.32 Å². The molecule has 0 rings (SSSR count). The van der Waals surface area contributed by atoms with E-state index in [-0.39, 0.29) is 0 Å². The van der Waals surface area contributed by atoms with E-state index in [1.54, 1.807) is 0 Å². The van der Waals surface area contributed by atoms with Gasteiger partial charge in [0.25, 0.3) is 0 Å². The van der Waals surface area contributed by atoms with E-state index in [0.717, 1.165) is 0 Å². The van der Waals surface area contributed by atoms with E-state index in [2.05, 4.69) is 18.0 Å². The maximum Gasteiger partial charge on any atom is 0.388 e. The van der Waals surface area contributed by atoms with Crippen molar-refractivity contribution in [2.24, 2.45) is 0 Å². The average molecular weight is 84.9 g/mol. The van der Waals surface area contributed by atoms with Gasteiger partial charge in [0.15, 0.2) is 0 Å². The van der Waals surface area contributed by atoms with Crippen LogP contribution in [0.4, 0.5) is 4.79 Å². The lowest BCUT2D eigenvalue weighted by molar-refractivity contribution is 0.207. The fourth-order valence-electron chi connectivity index (χ4n) is 0.0589. The molecular formula is C2H4BNO2. The summed E-state index contributed by atoms with van der Waals surface area (Å²) in [5.74, 6) is 0. The first-order valence-corrected chi connectivity index (χ1v) is 1.39. The lowest BCUT2D eigenvalue weighted by Crippen LogP contribution is -2.17. The van der Waals surface area contributed by atoms with E-state index >= 15 is 0 Å². The molecule has 4 heteroatoms. The van der Waals surface area contributed by atoms with Crippen molar-refractivity contribution >= 4 is 14.1 Å². The first-order valence-electron chi connectivity index (χ1n) is 1.39. The summed E-state index contributed by atoms with van der Waals surface area (Å²) >= 11 is 0. The third kappa shape index (κ3) is 1.63. The molecule has 0 aliphatic heterocycles. The third-order valence-corrected chi connectivity index (χ3v) is 0.311. The number of carbonyl (C=O) groups is 1. The average Bonchev–Trinajstić information content (AvgIpc) is 1.65. The quantitative estimate of drug-likeness (QED) is 0.400. The van der Waals surface area contributed by atoms with Gasteiger partial charge in [-0.15, -0.1) is 0 Å². The highest BCUT2D eigenvalue weighted by Gasteiger charge is 1.84. The molecule has 0 saturated carbocycles. The van der Waals surface area contributed by atoms with E-state index in [1.165, 1.54) is 7.05 Å². The molecular weight excluding hydrogens is 80.8 g/mol. The summed E-state index contributed by atoms with van der Waals surface area (Å²) in [5, 5.41) is 2.13. The van der Waals surface area contributed by atoms with Gasteiger partial charge in [-0.1, -0.05) is 0 Å². The van der Waals surface area contributed by atoms with Crippen molar-refractivity contribution in [2.45, 2.75) is 0 Å². The third-order valence-electron chi connectivity index (χ3n) is 0.311. The van der Waals surface area contributed by atoms with E-state index in [4.69, 9.17) is 0 Å². The Bertz CT molecular complexity index is 49.5. The highest BCUT2D eigenvalue weighted by molar-refractivity contribution is 6.04. The Balaban J connectivity index is 2.99. The lowest BCUT2D eigenvalue weighted by Gasteiger charge is -1.91. The van der Waals surface area contributed by atoms with Crippen LogP contribution in [-0.4, -0.2) is 21.2 Å². The predicted octanol–water partition coefficient (Wildman–Crippen LogP) is -0.574. The number of amides is 1. The van der Waals surface area contributed by atoms with E-state index < -0.39 is 6.09 Å². The van der Waals surface area contributed by atoms with Gasteiger partial charge < -0.3 is 9.97 Å². The topological polar surface area (TPSA) is 38.3 Å². The van der Waals surface area contributed by atoms with Crippen LogP contribution in [0.3, 0.4) is 0 Å². The molecule has 0 fully saturated rings. The minimum absolute atomic E-state index is 0.630. The van der Waals surface area contributed by atoms with E-state index in [0.29, 0.717) is 0 Å². The van der Waals surface area contributed by atoms with Crippen molar-refractivity contribution in [3.05, 3.63) is 0 Å². The molecule has 0 heterocycles. The van der Waals surface area contributed by atoms with Crippen LogP contribution in [0.15, 0.2) is 0 Å². The Hall–Kier alpha value is -0.665. The zero-order valence-electron chi connectivity index (χ0n) is 3.39. The standard InChI is InChI=1S/C2H4BNO2/c1-4-2(5)6-3/h1H3,(H,4,5). The van der Waals surface area contributed by atoms with Gasteiger partial charge in [-0.2, -0.15) is 0 Å². The summed E-state index contributed by atoms with van der Waals surface area (Å²) in [5.41, 5.74) is 0. The van der Waals surface area contributed by atoms with Crippen LogP contribution >= 0.6 is 0 Å². The number of hydrogen-bond acceptors (Lipinski definition) is 2. The Labute approximate surface area is 37.1 Å². The minimum Gasteiger partial charge on any atom is -0.528 e. The van der Waals surface area contributed by atoms with Crippen LogP contribution in [0.2, 0.25) is 0 Å². The fraction of sp³-hybridized carbons (Fsp3) is 0.500. The highest BCUT2D eigenvalue weighted by Crippen LogP contribution is 1.60. The minimum atomic E-state index is -0.630. The number of hydrogen-bond donors (Lipinski definition) is 1. The first kappa shape index (κ1) is 5.33. The molecule has 0 atom stereocenters. The molecule has 0 bridgehead atoms. The van der Waals surface area contributed by atoms with Gasteiger partial charge in [0, 0.05) is 7.05 Å². The smallest absolute Gasteiger partial charge is 0.388 e. The lowest BCUT2D eigenvalue weighted by atomic mass is 10.6. The predicted molar refractivity (Wildman–Crippen MR) is 21.3 cm³/mol. The monoisotopic (exact) mass is 85.0 g/mol. The maximum atomic E-state index is 9.72. The SMILES string of the molecule is [B]OC(=O)NC. The molecule has 0 aromatic rings. The van der Waals surface area contributed by atoms with Gasteiger partial charge in [0.05, 0.1) is 0 Å². The summed E-state index contributed by atoms with van der Waals surface area (Å²) < 4.78 is 3.65. The van der Waals surface area contributed by atoms with E-state index in [1.807, 2.05) is 0 Å². The number of carbonyl (C=O) groups excluding carboxylic acids is 1. The molecule has 3 nitrogen and oxygen atoms in total. The second kappa shape index (κ2) is 2.57. The molecule has 0 aliphatic rings. The number of rotatable bonds is 0. The van der Waals surface area contributed by atoms with Crippen molar-refractivity contribution in [3.8, 4) is 0 Å². The molecule has 6 heavy (non-hydrogen) atoms. The van der Waals surface area contributed by atoms with Gasteiger partial charge in [0.1, 0.15) is 0 Å². The van der Waals surface area contributed by atoms with Crippen molar-refractivity contribution in [1.29, 1.82) is 0 Å². The molecule has 0 aliphatic carbocycles. The number of nitrogens with one attached hydrogen (secondary N) is 1. The van der Waals surface area contributed by atoms with Crippen molar-refractivity contribution < 1.29 is 9.45 Å². The molecule has 1 N–H and O–H groups in total. The second-order valence-corrected chi connectivity index (χ2v) is 0.655. The second-order valence-electron chi connectivity index (χ2n) is 0.655. The van der Waals surface area contributed by atoms with Crippen LogP contribution in [0, 0.1) is 0 Å². The van der Waals surface area contributed by atoms with Gasteiger partial charge in [0.2, 0.25) is 0 Å². The van der Waals surface area contributed by atoms with Crippen molar-refractivity contribution in [1.82, 2.24) is 5.32 Å². The van der Waals surface area contributed by atoms with Gasteiger partial charge in [-0.3, -0.25) is 0 Å². The van der Waals surface area contributed by atoms with Crippen LogP contribution in [0.1, 0.15) is 0 Å². The summed E-state index contributed by atoms with van der Waals surface area (Å²) in [6, 6.07) is 0. The van der Waals surface area contributed by atoms with Gasteiger partial charge in [-0.25, -0.2) is 4.79 Å². The van der Waals surface area contributed by atoms with Crippen LogP contribution in [-0.2, 0) is 4.65 Å². The zero-order valence-corrected chi connectivity index (χ0v) is 3.39. The van der Waals surface area contributed by atoms with E-state index in [9.17, 15) is 4.79 Å². The van der Waals surface area contributed by atoms with Crippen molar-refractivity contribution in [3.63, 3.8) is 0 Å². The summed E-state index contributed by atoms with van der Waals surface area (Å²) in [6.45, 7) is 0. The fourth-order valence-corrected chi connectivity index (χ4v) is 0.0589. The van der Waals surface area contributed by atoms with Gasteiger partial charge in [-0.05, 0) is 0 Å². The molecule has 0 aromatic carbocycles. The van der Waals surface area contributed by atoms with Crippen molar-refractivity contribution in [2.75, 3.05) is 7.05 Å².